The van der Waals surface area contributed by atoms with Gasteiger partial charge in [0, 0.05) is 25.7 Å². The van der Waals surface area contributed by atoms with Crippen molar-refractivity contribution in [2.45, 2.75) is 411 Å². The lowest BCUT2D eigenvalue weighted by Gasteiger charge is -2.46. The molecule has 2 amide bonds. The molecule has 8 atom stereocenters. The van der Waals surface area contributed by atoms with Crippen LogP contribution in [0.2, 0.25) is 0 Å². The van der Waals surface area contributed by atoms with E-state index < -0.39 is 116 Å². The predicted octanol–water partition coefficient (Wildman–Crippen LogP) is 16.6. The third kappa shape index (κ3) is 46.7. The molecule has 8 unspecified atom stereocenters. The van der Waals surface area contributed by atoms with E-state index in [4.69, 9.17) is 33.2 Å². The molecule has 0 saturated carbocycles. The third-order valence-corrected chi connectivity index (χ3v) is 17.9. The number of carbonyl (C=O) groups excluding carboxylic acids is 7. The maximum Gasteiger partial charge on any atom is 0.328 e. The number of hydrogen-bond acceptors (Lipinski definition) is 16. The molecule has 0 aliphatic carbocycles. The van der Waals surface area contributed by atoms with Crippen LogP contribution < -0.4 is 10.6 Å². The minimum absolute atomic E-state index is 0.129. The molecule has 0 aromatic heterocycles. The molecule has 94 heavy (non-hydrogen) atoms. The third-order valence-electron chi connectivity index (χ3n) is 17.9. The molecule has 0 aromatic carbocycles. The molecule has 0 aromatic rings. The number of carboxylic acid groups (broad SMARTS) is 1. The van der Waals surface area contributed by atoms with Crippen molar-refractivity contribution in [2.75, 3.05) is 19.8 Å². The highest BCUT2D eigenvalue weighted by atomic mass is 16.7. The summed E-state index contributed by atoms with van der Waals surface area (Å²) in [4.78, 5) is 107. The molecule has 19 nitrogen and oxygen atoms in total. The number of aliphatic hydroxyl groups is 1. The number of ether oxygens (including phenoxy) is 7. The number of esters is 4. The molecule has 1 aliphatic rings. The molecular formula is C75H136N2O17. The number of unbranched alkanes of at least 4 members (excludes halogenated alkanes) is 34. The first-order chi connectivity index (χ1) is 45.6. The van der Waals surface area contributed by atoms with Crippen molar-refractivity contribution in [2.24, 2.45) is 0 Å². The lowest BCUT2D eigenvalue weighted by Crippen LogP contribution is -2.63. The summed E-state index contributed by atoms with van der Waals surface area (Å²) in [5.41, 5.74) is 0. The van der Waals surface area contributed by atoms with Gasteiger partial charge >= 0.3 is 29.8 Å². The number of hydrogen-bond donors (Lipinski definition) is 4. The molecule has 1 heterocycles. The van der Waals surface area contributed by atoms with Crippen molar-refractivity contribution < 1.29 is 81.7 Å². The summed E-state index contributed by atoms with van der Waals surface area (Å²) in [6.07, 6.45) is 34.4. The van der Waals surface area contributed by atoms with Gasteiger partial charge in [-0.2, -0.15) is 0 Å². The van der Waals surface area contributed by atoms with Gasteiger partial charge in [-0.1, -0.05) is 260 Å². The van der Waals surface area contributed by atoms with Crippen molar-refractivity contribution in [3.05, 3.63) is 0 Å². The van der Waals surface area contributed by atoms with Crippen molar-refractivity contribution in [3.63, 3.8) is 0 Å². The summed E-state index contributed by atoms with van der Waals surface area (Å²) < 4.78 is 42.3. The maximum atomic E-state index is 14.3. The summed E-state index contributed by atoms with van der Waals surface area (Å²) in [6.45, 7) is 10.8. The van der Waals surface area contributed by atoms with Crippen molar-refractivity contribution in [3.8, 4) is 0 Å². The Morgan fingerprint density at radius 1 is 0.468 bits per heavy atom. The molecule has 548 valence electrons. The molecule has 1 saturated heterocycles. The Labute approximate surface area is 569 Å². The second-order valence-corrected chi connectivity index (χ2v) is 26.8. The molecule has 1 aliphatic heterocycles. The van der Waals surface area contributed by atoms with Crippen LogP contribution in [-0.4, -0.2) is 127 Å². The Hall–Kier alpha value is -4.36. The van der Waals surface area contributed by atoms with E-state index in [9.17, 15) is 48.6 Å². The average molecular weight is 1340 g/mol. The lowest BCUT2D eigenvalue weighted by atomic mass is 9.94. The molecule has 1 fully saturated rings. The predicted molar refractivity (Wildman–Crippen MR) is 369 cm³/mol. The second kappa shape index (κ2) is 59.9. The summed E-state index contributed by atoms with van der Waals surface area (Å²) in [5, 5.41) is 27.0. The highest BCUT2D eigenvalue weighted by molar-refractivity contribution is 5.84. The Morgan fingerprint density at radius 2 is 0.809 bits per heavy atom. The normalized spacial score (nSPS) is 17.5. The Balaban J connectivity index is 3.67. The number of aliphatic carboxylic acids is 1. The number of carboxylic acids is 1. The fourth-order valence-corrected chi connectivity index (χ4v) is 12.2. The zero-order valence-corrected chi connectivity index (χ0v) is 60.1. The fourth-order valence-electron chi connectivity index (χ4n) is 12.2. The second-order valence-electron chi connectivity index (χ2n) is 26.8. The highest BCUT2D eigenvalue weighted by Gasteiger charge is 2.52. The highest BCUT2D eigenvalue weighted by Crippen LogP contribution is 2.35. The van der Waals surface area contributed by atoms with Crippen LogP contribution in [0.15, 0.2) is 0 Å². The molecular weight excluding hydrogens is 1200 g/mol. The van der Waals surface area contributed by atoms with Crippen LogP contribution in [0.25, 0.3) is 0 Å². The van der Waals surface area contributed by atoms with Gasteiger partial charge in [-0.3, -0.25) is 33.6 Å². The fraction of sp³-hybridized carbons (Fsp3) is 0.893. The number of nitrogens with one attached hydrogen (secondary N) is 2. The van der Waals surface area contributed by atoms with Crippen LogP contribution in [-0.2, 0) is 71.5 Å². The lowest BCUT2D eigenvalue weighted by molar-refractivity contribution is -0.322. The number of carbonyl (C=O) groups is 8. The molecule has 19 heteroatoms. The van der Waals surface area contributed by atoms with Crippen molar-refractivity contribution >= 4 is 48.1 Å². The van der Waals surface area contributed by atoms with E-state index in [-0.39, 0.29) is 45.0 Å². The summed E-state index contributed by atoms with van der Waals surface area (Å²) >= 11 is 0. The minimum Gasteiger partial charge on any atom is -0.480 e. The number of aliphatic hydroxyl groups excluding tert-OH is 1. The van der Waals surface area contributed by atoms with E-state index >= 15 is 0 Å². The topological polar surface area (TPSA) is 266 Å². The molecule has 0 bridgehead atoms. The largest absolute Gasteiger partial charge is 0.480 e. The monoisotopic (exact) mass is 1340 g/mol. The van der Waals surface area contributed by atoms with Crippen LogP contribution in [0.3, 0.4) is 0 Å². The Morgan fingerprint density at radius 3 is 1.18 bits per heavy atom. The maximum absolute atomic E-state index is 14.3. The van der Waals surface area contributed by atoms with Gasteiger partial charge in [-0.05, 0) is 57.8 Å². The van der Waals surface area contributed by atoms with E-state index in [0.29, 0.717) is 51.4 Å². The summed E-state index contributed by atoms with van der Waals surface area (Å²) in [6, 6.07) is -1.74. The molecule has 1 rings (SSSR count). The molecule has 0 radical (unpaired) electrons. The van der Waals surface area contributed by atoms with Gasteiger partial charge in [0.1, 0.15) is 30.5 Å². The number of amides is 2. The van der Waals surface area contributed by atoms with Crippen LogP contribution in [0, 0.1) is 0 Å². The van der Waals surface area contributed by atoms with Crippen LogP contribution in [0.1, 0.15) is 363 Å². The van der Waals surface area contributed by atoms with Gasteiger partial charge in [-0.25, -0.2) is 4.79 Å². The van der Waals surface area contributed by atoms with Crippen LogP contribution in [0.4, 0.5) is 0 Å². The SMILES string of the molecule is CCCCCCCCCCCC(CC(=O)NCC1(OCC(NC(=O)CC(CCCCCCCCCCC)OC(=O)CCCCC)C(=O)O)CC(OC(=O)CC(CCCCCCCCCCC)OC(=O)CCCCCCCCC)C(OC=O)C(CO)O1)OC(=O)CCCCC. The zero-order chi connectivity index (χ0) is 69.1. The van der Waals surface area contributed by atoms with E-state index in [1.165, 1.54) is 83.5 Å². The first kappa shape index (κ1) is 87.7. The van der Waals surface area contributed by atoms with Crippen LogP contribution >= 0.6 is 0 Å². The van der Waals surface area contributed by atoms with Gasteiger partial charge in [0.2, 0.25) is 11.8 Å². The average Bonchev–Trinajstić information content (AvgIpc) is 0.791. The first-order valence-corrected chi connectivity index (χ1v) is 38.2. The van der Waals surface area contributed by atoms with E-state index in [0.717, 1.165) is 141 Å². The summed E-state index contributed by atoms with van der Waals surface area (Å²) in [5.74, 6) is -6.97. The van der Waals surface area contributed by atoms with Gasteiger partial charge in [0.15, 0.2) is 17.9 Å². The standard InChI is InChI=1S/C75H136N2O17/c1-7-13-19-23-27-30-34-37-43-47-61(90-69(82)50-41-17-11-5)53-67(80)76-59-75(89-58-64(74(86)87)77-68(81)54-62(91-70(83)51-42-18-12-6)48-44-38-35-31-28-24-20-14-8-2)56-65(73(88-60-79)66(57-78)94-75)93-72(85)55-63(49-45-39-36-32-29-25-21-15-9-3)92-71(84)52-46-40-33-26-22-16-10-4/h60-66,73,78H,7-59H2,1-6H3,(H,76,80)(H,77,81)(H,86,87). The Bertz CT molecular complexity index is 1940. The van der Waals surface area contributed by atoms with Gasteiger partial charge in [0.05, 0.1) is 39.0 Å². The zero-order valence-electron chi connectivity index (χ0n) is 60.1. The Kier molecular flexibility index (Phi) is 55.8. The van der Waals surface area contributed by atoms with Crippen molar-refractivity contribution in [1.82, 2.24) is 10.6 Å². The van der Waals surface area contributed by atoms with Gasteiger partial charge in [-0.15, -0.1) is 0 Å². The van der Waals surface area contributed by atoms with Crippen LogP contribution in [0.5, 0.6) is 0 Å². The number of rotatable bonds is 66. The van der Waals surface area contributed by atoms with E-state index in [1.54, 1.807) is 0 Å². The van der Waals surface area contributed by atoms with Crippen molar-refractivity contribution in [1.29, 1.82) is 0 Å². The smallest absolute Gasteiger partial charge is 0.328 e. The molecule has 4 N–H and O–H groups in total. The minimum atomic E-state index is -2.12. The van der Waals surface area contributed by atoms with Gasteiger partial charge < -0.3 is 54.0 Å². The van der Waals surface area contributed by atoms with Gasteiger partial charge in [0.25, 0.3) is 6.47 Å². The molecule has 0 spiro atoms. The summed E-state index contributed by atoms with van der Waals surface area (Å²) in [7, 11) is 0. The van der Waals surface area contributed by atoms with E-state index in [1.807, 2.05) is 13.8 Å². The van der Waals surface area contributed by atoms with E-state index in [2.05, 4.69) is 38.3 Å². The quantitative estimate of drug-likeness (QED) is 0.0191. The first-order valence-electron chi connectivity index (χ1n) is 38.2.